The molecule has 3 saturated heterocycles. The van der Waals surface area contributed by atoms with Crippen LogP contribution in [0.3, 0.4) is 0 Å². The van der Waals surface area contributed by atoms with Gasteiger partial charge in [-0.3, -0.25) is 48.3 Å². The first-order valence-corrected chi connectivity index (χ1v) is 25.6. The zero-order chi connectivity index (χ0) is 55.3. The predicted molar refractivity (Wildman–Crippen MR) is 278 cm³/mol. The van der Waals surface area contributed by atoms with E-state index < -0.39 is 115 Å². The first kappa shape index (κ1) is 59.0. The number of likely N-dealkylation sites (tertiary alicyclic amines) is 3. The summed E-state index contributed by atoms with van der Waals surface area (Å²) in [5, 5.41) is 33.2. The number of benzene rings is 2. The molecule has 0 bridgehead atoms. The average Bonchev–Trinajstić information content (AvgIpc) is 4.22. The number of aliphatic carboxylic acids is 1. The van der Waals surface area contributed by atoms with E-state index in [1.54, 1.807) is 60.7 Å². The van der Waals surface area contributed by atoms with Gasteiger partial charge < -0.3 is 80.2 Å². The van der Waals surface area contributed by atoms with Gasteiger partial charge in [-0.2, -0.15) is 0 Å². The van der Waals surface area contributed by atoms with E-state index in [0.717, 1.165) is 5.56 Å². The van der Waals surface area contributed by atoms with Crippen LogP contribution in [-0.2, 0) is 56.0 Å². The molecule has 5 rings (SSSR count). The van der Waals surface area contributed by atoms with Gasteiger partial charge >= 0.3 is 5.97 Å². The fourth-order valence-corrected chi connectivity index (χ4v) is 9.51. The van der Waals surface area contributed by atoms with E-state index in [1.165, 1.54) is 14.7 Å². The maximum Gasteiger partial charge on any atom is 0.326 e. The highest BCUT2D eigenvalue weighted by atomic mass is 16.4. The molecule has 26 heteroatoms. The number of carboxylic acid groups (broad SMARTS) is 1. The number of carbonyl (C=O) groups excluding carboxylic acids is 8. The molecule has 0 unspecified atom stereocenters. The van der Waals surface area contributed by atoms with Gasteiger partial charge in [-0.15, -0.1) is 0 Å². The van der Waals surface area contributed by atoms with Crippen molar-refractivity contribution < 1.29 is 53.4 Å². The molecule has 8 atom stereocenters. The SMILES string of the molecule is NC(N)=NCCC[C@H](NC(=O)[C@@H]1CCCN1C(=O)[C@@H]1CCCN1C(=O)CNC(=O)[C@H](Cc1ccccc1)NC(=O)[C@H](CO)NC(=O)[C@@H]1CCCN1C(=O)[C@H](Cc1ccccc1)NC(=O)[C@@H](N)CCCN=C(N)N)C(=O)O. The second-order valence-corrected chi connectivity index (χ2v) is 19.0. The van der Waals surface area contributed by atoms with E-state index in [4.69, 9.17) is 28.7 Å². The molecule has 414 valence electrons. The minimum Gasteiger partial charge on any atom is -0.480 e. The number of aliphatic hydroxyl groups is 1. The molecule has 0 aliphatic carbocycles. The van der Waals surface area contributed by atoms with Crippen molar-refractivity contribution in [1.82, 2.24) is 41.3 Å². The van der Waals surface area contributed by atoms with Gasteiger partial charge in [0, 0.05) is 45.6 Å². The zero-order valence-electron chi connectivity index (χ0n) is 42.5. The molecule has 3 heterocycles. The van der Waals surface area contributed by atoms with Crippen LogP contribution in [0.2, 0.25) is 0 Å². The fraction of sp³-hybridized carbons (Fsp3) is 0.540. The van der Waals surface area contributed by atoms with E-state index in [0.29, 0.717) is 31.2 Å². The summed E-state index contributed by atoms with van der Waals surface area (Å²) in [6.45, 7) is -0.524. The first-order chi connectivity index (χ1) is 36.4. The van der Waals surface area contributed by atoms with Crippen molar-refractivity contribution in [3.05, 3.63) is 71.8 Å². The average molecular weight is 1060 g/mol. The molecule has 3 fully saturated rings. The highest BCUT2D eigenvalue weighted by molar-refractivity contribution is 5.98. The molecular formula is C50H73N15O11. The third-order valence-electron chi connectivity index (χ3n) is 13.4. The minimum absolute atomic E-state index is 0.0381. The van der Waals surface area contributed by atoms with Crippen LogP contribution in [0.15, 0.2) is 70.6 Å². The van der Waals surface area contributed by atoms with Gasteiger partial charge in [-0.1, -0.05) is 60.7 Å². The fourth-order valence-electron chi connectivity index (χ4n) is 9.51. The van der Waals surface area contributed by atoms with Crippen LogP contribution in [0.4, 0.5) is 0 Å². The summed E-state index contributed by atoms with van der Waals surface area (Å²) in [6, 6.07) is 8.26. The Morgan fingerprint density at radius 1 is 0.579 bits per heavy atom. The van der Waals surface area contributed by atoms with E-state index in [9.17, 15) is 53.4 Å². The van der Waals surface area contributed by atoms with Crippen LogP contribution >= 0.6 is 0 Å². The summed E-state index contributed by atoms with van der Waals surface area (Å²) in [5.41, 5.74) is 29.0. The lowest BCUT2D eigenvalue weighted by atomic mass is 10.0. The summed E-state index contributed by atoms with van der Waals surface area (Å²) >= 11 is 0. The number of hydrogen-bond acceptors (Lipinski definition) is 13. The van der Waals surface area contributed by atoms with Gasteiger partial charge in [-0.25, -0.2) is 4.79 Å². The molecule has 17 N–H and O–H groups in total. The number of carbonyl (C=O) groups is 9. The number of amides is 8. The van der Waals surface area contributed by atoms with Gasteiger partial charge in [0.25, 0.3) is 0 Å². The molecule has 0 aromatic heterocycles. The zero-order valence-corrected chi connectivity index (χ0v) is 42.5. The van der Waals surface area contributed by atoms with Crippen molar-refractivity contribution >= 4 is 65.1 Å². The lowest BCUT2D eigenvalue weighted by Gasteiger charge is -2.31. The van der Waals surface area contributed by atoms with Gasteiger partial charge in [-0.05, 0) is 75.3 Å². The Kier molecular flexibility index (Phi) is 22.7. The molecule has 0 spiro atoms. The summed E-state index contributed by atoms with van der Waals surface area (Å²) in [5.74, 6) is -6.89. The van der Waals surface area contributed by atoms with Crippen LogP contribution < -0.4 is 55.3 Å². The van der Waals surface area contributed by atoms with Crippen molar-refractivity contribution in [2.75, 3.05) is 45.9 Å². The number of hydrogen-bond donors (Lipinski definition) is 12. The highest BCUT2D eigenvalue weighted by Crippen LogP contribution is 2.26. The van der Waals surface area contributed by atoms with E-state index in [2.05, 4.69) is 36.6 Å². The van der Waals surface area contributed by atoms with Crippen LogP contribution in [0.25, 0.3) is 0 Å². The Hall–Kier alpha value is -7.87. The number of rotatable bonds is 27. The van der Waals surface area contributed by atoms with Crippen molar-refractivity contribution in [3.63, 3.8) is 0 Å². The smallest absolute Gasteiger partial charge is 0.326 e. The van der Waals surface area contributed by atoms with Crippen molar-refractivity contribution in [3.8, 4) is 0 Å². The van der Waals surface area contributed by atoms with Gasteiger partial charge in [0.2, 0.25) is 47.3 Å². The largest absolute Gasteiger partial charge is 0.480 e. The Morgan fingerprint density at radius 2 is 1.07 bits per heavy atom. The standard InChI is InChI=1S/C50H73N15O11/c51-32(16-7-21-56-49(52)53)41(68)61-35(27-31-14-5-2-6-15-31)46(73)64-24-9-18-37(64)45(72)62-36(29-66)43(70)60-34(26-30-12-3-1-4-13-30)42(69)58-28-40(67)63-23-11-20-39(63)47(74)65-25-10-19-38(65)44(71)59-33(48(75)76)17-8-22-57-50(54)55/h1-6,12-15,32-39,66H,7-11,16-29,51H2,(H,58,69)(H,59,71)(H,60,70)(H,61,68)(H,62,72)(H,75,76)(H4,52,53,56)(H4,54,55,57)/t32-,33-,34-,35-,36-,37-,38-,39-/m0/s1. The van der Waals surface area contributed by atoms with Crippen molar-refractivity contribution in [1.29, 1.82) is 0 Å². The third kappa shape index (κ3) is 17.4. The van der Waals surface area contributed by atoms with Crippen molar-refractivity contribution in [2.24, 2.45) is 38.7 Å². The number of nitrogens with two attached hydrogens (primary N) is 5. The minimum atomic E-state index is -1.59. The number of aliphatic hydroxyl groups excluding tert-OH is 1. The number of guanidine groups is 2. The summed E-state index contributed by atoms with van der Waals surface area (Å²) in [7, 11) is 0. The molecule has 3 aliphatic heterocycles. The molecule has 0 radical (unpaired) electrons. The summed E-state index contributed by atoms with van der Waals surface area (Å²) in [6.07, 6.45) is 3.03. The van der Waals surface area contributed by atoms with Crippen molar-refractivity contribution in [2.45, 2.75) is 125 Å². The second kappa shape index (κ2) is 29.3. The van der Waals surface area contributed by atoms with Gasteiger partial charge in [0.15, 0.2) is 11.9 Å². The normalized spacial score (nSPS) is 19.0. The Labute approximate surface area is 440 Å². The number of nitrogens with zero attached hydrogens (tertiary/aromatic N) is 5. The molecule has 2 aromatic carbocycles. The maximum absolute atomic E-state index is 14.3. The Morgan fingerprint density at radius 3 is 1.62 bits per heavy atom. The molecule has 2 aromatic rings. The summed E-state index contributed by atoms with van der Waals surface area (Å²) < 4.78 is 0. The summed E-state index contributed by atoms with van der Waals surface area (Å²) in [4.78, 5) is 134. The molecule has 76 heavy (non-hydrogen) atoms. The highest BCUT2D eigenvalue weighted by Gasteiger charge is 2.43. The third-order valence-corrected chi connectivity index (χ3v) is 13.4. The Balaban J connectivity index is 1.21. The van der Waals surface area contributed by atoms with Crippen LogP contribution in [0, 0.1) is 0 Å². The predicted octanol–water partition coefficient (Wildman–Crippen LogP) is -3.99. The first-order valence-electron chi connectivity index (χ1n) is 25.6. The molecule has 8 amide bonds. The van der Waals surface area contributed by atoms with E-state index >= 15 is 0 Å². The van der Waals surface area contributed by atoms with Crippen LogP contribution in [0.1, 0.15) is 75.3 Å². The maximum atomic E-state index is 14.3. The lowest BCUT2D eigenvalue weighted by molar-refractivity contribution is -0.147. The monoisotopic (exact) mass is 1060 g/mol. The topological polar surface area (TPSA) is 419 Å². The molecule has 0 saturated carbocycles. The van der Waals surface area contributed by atoms with Gasteiger partial charge in [0.1, 0.15) is 42.3 Å². The quantitative estimate of drug-likeness (QED) is 0.0231. The second-order valence-electron chi connectivity index (χ2n) is 19.0. The van der Waals surface area contributed by atoms with Crippen LogP contribution in [-0.4, -0.2) is 184 Å². The number of carboxylic acids is 1. The molecule has 26 nitrogen and oxygen atoms in total. The number of nitrogens with one attached hydrogen (secondary N) is 5. The van der Waals surface area contributed by atoms with Gasteiger partial charge in [0.05, 0.1) is 19.2 Å². The Bertz CT molecular complexity index is 2400. The molecular weight excluding hydrogens is 987 g/mol. The molecule has 3 aliphatic rings. The lowest BCUT2D eigenvalue weighted by Crippen LogP contribution is -2.60. The van der Waals surface area contributed by atoms with E-state index in [1.807, 2.05) is 0 Å². The van der Waals surface area contributed by atoms with Crippen LogP contribution in [0.5, 0.6) is 0 Å². The number of aliphatic imine (C=N–C) groups is 2. The van der Waals surface area contributed by atoms with E-state index in [-0.39, 0.29) is 96.0 Å².